The van der Waals surface area contributed by atoms with Crippen LogP contribution in [0, 0.1) is 13.8 Å². The molecule has 0 spiro atoms. The third-order valence-corrected chi connectivity index (χ3v) is 4.45. The van der Waals surface area contributed by atoms with Crippen LogP contribution >= 0.6 is 0 Å². The van der Waals surface area contributed by atoms with Gasteiger partial charge < -0.3 is 14.7 Å². The van der Waals surface area contributed by atoms with Crippen molar-refractivity contribution in [2.75, 3.05) is 26.2 Å². The van der Waals surface area contributed by atoms with Crippen molar-refractivity contribution in [1.82, 2.24) is 20.3 Å². The minimum atomic E-state index is 0.106. The SMILES string of the molecule is Cc1noc(C)c1CN1CCC(N2CCNC2=O)CC1. The van der Waals surface area contributed by atoms with Crippen LogP contribution in [0.2, 0.25) is 0 Å². The summed E-state index contributed by atoms with van der Waals surface area (Å²) in [6.07, 6.45) is 2.10. The number of aryl methyl sites for hydroxylation is 2. The summed E-state index contributed by atoms with van der Waals surface area (Å²) < 4.78 is 5.22. The lowest BCUT2D eigenvalue weighted by Gasteiger charge is -2.36. The van der Waals surface area contributed by atoms with Crippen LogP contribution in [0.3, 0.4) is 0 Å². The number of carbonyl (C=O) groups excluding carboxylic acids is 1. The molecule has 6 heteroatoms. The van der Waals surface area contributed by atoms with Crippen molar-refractivity contribution in [3.05, 3.63) is 17.0 Å². The Balaban J connectivity index is 1.55. The van der Waals surface area contributed by atoms with Gasteiger partial charge in [0.2, 0.25) is 0 Å². The van der Waals surface area contributed by atoms with Crippen molar-refractivity contribution in [3.63, 3.8) is 0 Å². The Morgan fingerprint density at radius 3 is 2.60 bits per heavy atom. The van der Waals surface area contributed by atoms with Crippen LogP contribution in [0.5, 0.6) is 0 Å². The first-order chi connectivity index (χ1) is 9.65. The molecule has 2 saturated heterocycles. The van der Waals surface area contributed by atoms with Crippen LogP contribution in [0.25, 0.3) is 0 Å². The summed E-state index contributed by atoms with van der Waals surface area (Å²) in [5, 5.41) is 6.89. The summed E-state index contributed by atoms with van der Waals surface area (Å²) in [6.45, 7) is 8.56. The number of hydrogen-bond donors (Lipinski definition) is 1. The number of aromatic nitrogens is 1. The summed E-state index contributed by atoms with van der Waals surface area (Å²) in [5.41, 5.74) is 2.20. The first-order valence-corrected chi connectivity index (χ1v) is 7.33. The monoisotopic (exact) mass is 278 g/mol. The molecule has 6 nitrogen and oxygen atoms in total. The van der Waals surface area contributed by atoms with Crippen molar-refractivity contribution in [1.29, 1.82) is 0 Å². The van der Waals surface area contributed by atoms with Gasteiger partial charge in [-0.25, -0.2) is 4.79 Å². The summed E-state index contributed by atoms with van der Waals surface area (Å²) in [7, 11) is 0. The smallest absolute Gasteiger partial charge is 0.317 e. The van der Waals surface area contributed by atoms with Gasteiger partial charge in [-0.2, -0.15) is 0 Å². The molecule has 0 aliphatic carbocycles. The molecule has 0 radical (unpaired) electrons. The lowest BCUT2D eigenvalue weighted by atomic mass is 10.0. The minimum Gasteiger partial charge on any atom is -0.361 e. The number of urea groups is 1. The molecule has 2 fully saturated rings. The molecule has 20 heavy (non-hydrogen) atoms. The number of likely N-dealkylation sites (tertiary alicyclic amines) is 1. The van der Waals surface area contributed by atoms with Crippen LogP contribution < -0.4 is 5.32 Å². The van der Waals surface area contributed by atoms with Gasteiger partial charge in [0, 0.05) is 44.3 Å². The molecule has 3 rings (SSSR count). The molecular formula is C14H22N4O2. The van der Waals surface area contributed by atoms with Crippen molar-refractivity contribution in [2.24, 2.45) is 0 Å². The number of nitrogens with zero attached hydrogens (tertiary/aromatic N) is 3. The Morgan fingerprint density at radius 1 is 1.30 bits per heavy atom. The number of piperidine rings is 1. The van der Waals surface area contributed by atoms with E-state index >= 15 is 0 Å². The standard InChI is InChI=1S/C14H22N4O2/c1-10-13(11(2)20-16-10)9-17-6-3-12(4-7-17)18-8-5-15-14(18)19/h12H,3-9H2,1-2H3,(H,15,19). The summed E-state index contributed by atoms with van der Waals surface area (Å²) in [4.78, 5) is 16.1. The molecule has 2 aliphatic heterocycles. The van der Waals surface area contributed by atoms with Gasteiger partial charge >= 0.3 is 6.03 Å². The molecule has 1 N–H and O–H groups in total. The van der Waals surface area contributed by atoms with E-state index in [1.54, 1.807) is 0 Å². The van der Waals surface area contributed by atoms with Crippen LogP contribution in [0.15, 0.2) is 4.52 Å². The maximum absolute atomic E-state index is 11.7. The molecule has 2 aliphatic rings. The number of nitrogens with one attached hydrogen (secondary N) is 1. The van der Waals surface area contributed by atoms with Gasteiger partial charge in [-0.05, 0) is 26.7 Å². The first-order valence-electron chi connectivity index (χ1n) is 7.33. The van der Waals surface area contributed by atoms with Gasteiger partial charge in [-0.1, -0.05) is 5.16 Å². The molecule has 1 aromatic heterocycles. The zero-order valence-corrected chi connectivity index (χ0v) is 12.2. The van der Waals surface area contributed by atoms with Crippen molar-refractivity contribution >= 4 is 6.03 Å². The van der Waals surface area contributed by atoms with E-state index < -0.39 is 0 Å². The summed E-state index contributed by atoms with van der Waals surface area (Å²) in [5.74, 6) is 0.920. The Hall–Kier alpha value is -1.56. The second kappa shape index (κ2) is 5.44. The highest BCUT2D eigenvalue weighted by molar-refractivity contribution is 5.76. The lowest BCUT2D eigenvalue weighted by molar-refractivity contribution is 0.131. The van der Waals surface area contributed by atoms with Crippen molar-refractivity contribution in [2.45, 2.75) is 39.3 Å². The van der Waals surface area contributed by atoms with Crippen LogP contribution in [0.4, 0.5) is 4.79 Å². The van der Waals surface area contributed by atoms with Crippen molar-refractivity contribution < 1.29 is 9.32 Å². The number of rotatable bonds is 3. The second-order valence-electron chi connectivity index (χ2n) is 5.74. The average Bonchev–Trinajstić information content (AvgIpc) is 3.00. The highest BCUT2D eigenvalue weighted by Gasteiger charge is 2.30. The fourth-order valence-electron chi connectivity index (χ4n) is 3.18. The van der Waals surface area contributed by atoms with Crippen LogP contribution in [-0.2, 0) is 6.54 Å². The van der Waals surface area contributed by atoms with Crippen LogP contribution in [-0.4, -0.2) is 53.2 Å². The lowest BCUT2D eigenvalue weighted by Crippen LogP contribution is -2.45. The Bertz CT molecular complexity index is 472. The van der Waals surface area contributed by atoms with E-state index in [2.05, 4.69) is 15.4 Å². The molecular weight excluding hydrogens is 256 g/mol. The Morgan fingerprint density at radius 2 is 2.05 bits per heavy atom. The largest absolute Gasteiger partial charge is 0.361 e. The van der Waals surface area contributed by atoms with Crippen LogP contribution in [0.1, 0.15) is 29.9 Å². The predicted octanol–water partition coefficient (Wildman–Crippen LogP) is 1.28. The Kier molecular flexibility index (Phi) is 3.65. The van der Waals surface area contributed by atoms with E-state index in [4.69, 9.17) is 4.52 Å². The second-order valence-corrected chi connectivity index (χ2v) is 5.74. The minimum absolute atomic E-state index is 0.106. The zero-order valence-electron chi connectivity index (χ0n) is 12.2. The van der Waals surface area contributed by atoms with E-state index in [0.29, 0.717) is 6.04 Å². The molecule has 0 aromatic carbocycles. The zero-order chi connectivity index (χ0) is 14.1. The third kappa shape index (κ3) is 2.52. The van der Waals surface area contributed by atoms with Crippen molar-refractivity contribution in [3.8, 4) is 0 Å². The van der Waals surface area contributed by atoms with Gasteiger partial charge in [-0.3, -0.25) is 4.90 Å². The highest BCUT2D eigenvalue weighted by Crippen LogP contribution is 2.21. The molecule has 3 heterocycles. The van der Waals surface area contributed by atoms with E-state index in [0.717, 1.165) is 57.0 Å². The summed E-state index contributed by atoms with van der Waals surface area (Å²) >= 11 is 0. The quantitative estimate of drug-likeness (QED) is 0.905. The topological polar surface area (TPSA) is 61.6 Å². The first kappa shape index (κ1) is 13.4. The molecule has 0 atom stereocenters. The normalized spacial score (nSPS) is 21.5. The number of carbonyl (C=O) groups is 1. The fraction of sp³-hybridized carbons (Fsp3) is 0.714. The molecule has 1 aromatic rings. The van der Waals surface area contributed by atoms with Gasteiger partial charge in [0.15, 0.2) is 0 Å². The molecule has 110 valence electrons. The fourth-order valence-corrected chi connectivity index (χ4v) is 3.18. The van der Waals surface area contributed by atoms with Gasteiger partial charge in [0.25, 0.3) is 0 Å². The Labute approximate surface area is 119 Å². The predicted molar refractivity (Wildman–Crippen MR) is 74.4 cm³/mol. The van der Waals surface area contributed by atoms with Gasteiger partial charge in [0.05, 0.1) is 5.69 Å². The van der Waals surface area contributed by atoms with E-state index in [1.807, 2.05) is 18.7 Å². The maximum atomic E-state index is 11.7. The highest BCUT2D eigenvalue weighted by atomic mass is 16.5. The van der Waals surface area contributed by atoms with Gasteiger partial charge in [-0.15, -0.1) is 0 Å². The molecule has 0 bridgehead atoms. The summed E-state index contributed by atoms with van der Waals surface area (Å²) in [6, 6.07) is 0.507. The molecule has 0 unspecified atom stereocenters. The average molecular weight is 278 g/mol. The number of hydrogen-bond acceptors (Lipinski definition) is 4. The number of amides is 2. The third-order valence-electron chi connectivity index (χ3n) is 4.45. The molecule has 0 saturated carbocycles. The van der Waals surface area contributed by atoms with E-state index in [-0.39, 0.29) is 6.03 Å². The molecule has 2 amide bonds. The van der Waals surface area contributed by atoms with E-state index in [1.165, 1.54) is 5.56 Å². The van der Waals surface area contributed by atoms with Gasteiger partial charge in [0.1, 0.15) is 5.76 Å². The maximum Gasteiger partial charge on any atom is 0.317 e. The van der Waals surface area contributed by atoms with E-state index in [9.17, 15) is 4.79 Å².